The van der Waals surface area contributed by atoms with Gasteiger partial charge in [-0.25, -0.2) is 9.79 Å². The maximum absolute atomic E-state index is 13.3. The summed E-state index contributed by atoms with van der Waals surface area (Å²) in [5.74, 6) is -0.433. The van der Waals surface area contributed by atoms with Crippen LogP contribution in [0.15, 0.2) is 68.9 Å². The van der Waals surface area contributed by atoms with E-state index >= 15 is 0 Å². The van der Waals surface area contributed by atoms with Gasteiger partial charge in [0.15, 0.2) is 4.80 Å². The van der Waals surface area contributed by atoms with Crippen LogP contribution in [-0.4, -0.2) is 16.6 Å². The highest BCUT2D eigenvalue weighted by Crippen LogP contribution is 2.33. The van der Waals surface area contributed by atoms with Crippen LogP contribution in [0.25, 0.3) is 6.08 Å². The fourth-order valence-electron chi connectivity index (χ4n) is 3.28. The fraction of sp³-hybridized carbons (Fsp3) is 0.227. The molecular formula is C22H20N2O3S2. The lowest BCUT2D eigenvalue weighted by Crippen LogP contribution is -2.39. The Balaban J connectivity index is 1.93. The van der Waals surface area contributed by atoms with Crippen LogP contribution in [0.1, 0.15) is 37.3 Å². The number of carbonyl (C=O) groups excluding carboxylic acids is 1. The number of fused-ring (bicyclic) bond motifs is 1. The molecule has 4 rings (SSSR count). The molecule has 1 aliphatic heterocycles. The van der Waals surface area contributed by atoms with Crippen LogP contribution in [0.5, 0.6) is 0 Å². The van der Waals surface area contributed by atoms with Crippen molar-refractivity contribution in [3.63, 3.8) is 0 Å². The van der Waals surface area contributed by atoms with Gasteiger partial charge < -0.3 is 4.74 Å². The molecular weight excluding hydrogens is 404 g/mol. The van der Waals surface area contributed by atoms with E-state index in [9.17, 15) is 9.59 Å². The molecule has 0 unspecified atom stereocenters. The summed E-state index contributed by atoms with van der Waals surface area (Å²) in [6.07, 6.45) is 1.61. The first-order chi connectivity index (χ1) is 14.0. The van der Waals surface area contributed by atoms with Crippen molar-refractivity contribution in [2.75, 3.05) is 0 Å². The van der Waals surface area contributed by atoms with Crippen LogP contribution in [0.4, 0.5) is 0 Å². The minimum Gasteiger partial charge on any atom is -0.459 e. The van der Waals surface area contributed by atoms with E-state index in [0.29, 0.717) is 20.6 Å². The van der Waals surface area contributed by atoms with Crippen LogP contribution in [0.2, 0.25) is 0 Å². The van der Waals surface area contributed by atoms with Crippen LogP contribution in [-0.2, 0) is 9.53 Å². The largest absolute Gasteiger partial charge is 0.459 e. The molecule has 3 aromatic rings. The highest BCUT2D eigenvalue weighted by Gasteiger charge is 2.34. The van der Waals surface area contributed by atoms with Crippen LogP contribution in [0, 0.1) is 0 Å². The van der Waals surface area contributed by atoms with E-state index in [2.05, 4.69) is 4.99 Å². The second-order valence-corrected chi connectivity index (χ2v) is 8.95. The highest BCUT2D eigenvalue weighted by atomic mass is 32.1. The molecule has 0 radical (unpaired) electrons. The van der Waals surface area contributed by atoms with Crippen molar-refractivity contribution in [2.45, 2.75) is 32.9 Å². The summed E-state index contributed by atoms with van der Waals surface area (Å²) in [5, 5.41) is 1.94. The molecule has 0 amide bonds. The number of hydrogen-bond donors (Lipinski definition) is 0. The smallest absolute Gasteiger partial charge is 0.338 e. The lowest BCUT2D eigenvalue weighted by atomic mass is 10.0. The Hall–Kier alpha value is -2.77. The van der Waals surface area contributed by atoms with Gasteiger partial charge in [0.2, 0.25) is 0 Å². The minimum absolute atomic E-state index is 0.154. The first-order valence-corrected chi connectivity index (χ1v) is 11.0. The molecule has 0 bridgehead atoms. The van der Waals surface area contributed by atoms with E-state index in [-0.39, 0.29) is 11.7 Å². The quantitative estimate of drug-likeness (QED) is 0.604. The monoisotopic (exact) mass is 424 g/mol. The Kier molecular flexibility index (Phi) is 5.34. The Bertz CT molecular complexity index is 1250. The average Bonchev–Trinajstić information content (AvgIpc) is 3.30. The van der Waals surface area contributed by atoms with Gasteiger partial charge >= 0.3 is 5.97 Å². The summed E-state index contributed by atoms with van der Waals surface area (Å²) < 4.78 is 7.68. The van der Waals surface area contributed by atoms with Gasteiger partial charge in [-0.3, -0.25) is 9.36 Å². The van der Waals surface area contributed by atoms with Crippen molar-refractivity contribution < 1.29 is 9.53 Å². The summed E-state index contributed by atoms with van der Waals surface area (Å²) in [6, 6.07) is 13.0. The van der Waals surface area contributed by atoms with Gasteiger partial charge in [-0.15, -0.1) is 11.3 Å². The first kappa shape index (κ1) is 19.5. The Morgan fingerprint density at radius 2 is 1.97 bits per heavy atom. The molecule has 1 aromatic carbocycles. The second-order valence-electron chi connectivity index (χ2n) is 6.96. The third kappa shape index (κ3) is 3.75. The molecule has 5 nitrogen and oxygen atoms in total. The van der Waals surface area contributed by atoms with E-state index in [1.54, 1.807) is 11.5 Å². The van der Waals surface area contributed by atoms with Crippen molar-refractivity contribution in [1.82, 2.24) is 4.57 Å². The lowest BCUT2D eigenvalue weighted by molar-refractivity contribution is -0.143. The average molecular weight is 425 g/mol. The Morgan fingerprint density at radius 3 is 2.62 bits per heavy atom. The predicted molar refractivity (Wildman–Crippen MR) is 116 cm³/mol. The van der Waals surface area contributed by atoms with Gasteiger partial charge in [0.05, 0.1) is 21.9 Å². The number of rotatable bonds is 4. The molecule has 1 aliphatic rings. The van der Waals surface area contributed by atoms with Gasteiger partial charge in [-0.1, -0.05) is 47.7 Å². The molecule has 2 aromatic heterocycles. The van der Waals surface area contributed by atoms with E-state index < -0.39 is 12.0 Å². The van der Waals surface area contributed by atoms with E-state index in [1.165, 1.54) is 22.7 Å². The minimum atomic E-state index is -0.532. The number of aromatic nitrogens is 1. The standard InChI is InChI=1S/C22H20N2O3S2/c1-13(2)27-21(26)18-14(3)23-22-24(19(18)16-10-7-11-28-16)20(25)17(29-22)12-15-8-5-4-6-9-15/h4-13,19H,1-3H3/b17-12+/t19-/m0/s1. The normalized spacial score (nSPS) is 16.7. The molecule has 0 saturated heterocycles. The zero-order valence-electron chi connectivity index (χ0n) is 16.3. The number of nitrogens with zero attached hydrogens (tertiary/aromatic N) is 2. The molecule has 0 fully saturated rings. The number of carbonyl (C=O) groups is 1. The topological polar surface area (TPSA) is 60.7 Å². The third-order valence-electron chi connectivity index (χ3n) is 4.49. The number of benzene rings is 1. The van der Waals surface area contributed by atoms with Gasteiger partial charge in [-0.2, -0.15) is 0 Å². The lowest BCUT2D eigenvalue weighted by Gasteiger charge is -2.24. The maximum Gasteiger partial charge on any atom is 0.338 e. The molecule has 29 heavy (non-hydrogen) atoms. The molecule has 1 atom stereocenters. The van der Waals surface area contributed by atoms with Crippen LogP contribution in [0.3, 0.4) is 0 Å². The molecule has 0 spiro atoms. The third-order valence-corrected chi connectivity index (χ3v) is 6.40. The number of thiophene rings is 1. The zero-order valence-corrected chi connectivity index (χ0v) is 17.9. The van der Waals surface area contributed by atoms with Crippen molar-refractivity contribution >= 4 is 34.7 Å². The van der Waals surface area contributed by atoms with E-state index in [4.69, 9.17) is 4.74 Å². The van der Waals surface area contributed by atoms with Crippen molar-refractivity contribution in [2.24, 2.45) is 4.99 Å². The summed E-state index contributed by atoms with van der Waals surface area (Å²) in [6.45, 7) is 5.41. The first-order valence-electron chi connectivity index (χ1n) is 9.27. The summed E-state index contributed by atoms with van der Waals surface area (Å²) in [5.41, 5.74) is 1.79. The number of hydrogen-bond acceptors (Lipinski definition) is 6. The zero-order chi connectivity index (χ0) is 20.5. The summed E-state index contributed by atoms with van der Waals surface area (Å²) >= 11 is 2.84. The predicted octanol–water partition coefficient (Wildman–Crippen LogP) is 3.25. The number of ether oxygens (including phenoxy) is 1. The molecule has 3 heterocycles. The molecule has 0 saturated carbocycles. The molecule has 0 aliphatic carbocycles. The summed E-state index contributed by atoms with van der Waals surface area (Å²) in [7, 11) is 0. The van der Waals surface area contributed by atoms with Gasteiger partial charge in [-0.05, 0) is 43.9 Å². The number of allylic oxidation sites excluding steroid dienone is 1. The fourth-order valence-corrected chi connectivity index (χ4v) is 5.15. The Labute approximate surface area is 175 Å². The van der Waals surface area contributed by atoms with E-state index in [1.807, 2.05) is 67.8 Å². The van der Waals surface area contributed by atoms with Crippen molar-refractivity contribution in [3.8, 4) is 0 Å². The molecule has 7 heteroatoms. The van der Waals surface area contributed by atoms with Gasteiger partial charge in [0.25, 0.3) is 5.56 Å². The Morgan fingerprint density at radius 1 is 1.21 bits per heavy atom. The van der Waals surface area contributed by atoms with E-state index in [0.717, 1.165) is 10.4 Å². The molecule has 148 valence electrons. The number of thiazole rings is 1. The van der Waals surface area contributed by atoms with Crippen LogP contribution < -0.4 is 14.9 Å². The van der Waals surface area contributed by atoms with Crippen molar-refractivity contribution in [3.05, 3.63) is 89.2 Å². The van der Waals surface area contributed by atoms with Gasteiger partial charge in [0.1, 0.15) is 6.04 Å². The van der Waals surface area contributed by atoms with Crippen molar-refractivity contribution in [1.29, 1.82) is 0 Å². The van der Waals surface area contributed by atoms with Gasteiger partial charge in [0, 0.05) is 4.88 Å². The number of esters is 1. The maximum atomic E-state index is 13.3. The SMILES string of the molecule is CC1=C(C(=O)OC(C)C)[C@H](c2cccs2)n2c(s/c(=C/c3ccccc3)c2=O)=N1. The second kappa shape index (κ2) is 7.93. The summed E-state index contributed by atoms with van der Waals surface area (Å²) in [4.78, 5) is 32.3. The van der Waals surface area contributed by atoms with Crippen LogP contribution >= 0.6 is 22.7 Å². The molecule has 0 N–H and O–H groups in total. The highest BCUT2D eigenvalue weighted by molar-refractivity contribution is 7.10.